The van der Waals surface area contributed by atoms with Crippen LogP contribution in [0.3, 0.4) is 0 Å². The Labute approximate surface area is 95.9 Å². The minimum atomic E-state index is -0.0804. The number of amides is 1. The topological polar surface area (TPSA) is 46.2 Å². The zero-order valence-corrected chi connectivity index (χ0v) is 9.96. The van der Waals surface area contributed by atoms with Gasteiger partial charge in [-0.25, -0.2) is 0 Å². The fourth-order valence-corrected chi connectivity index (χ4v) is 1.60. The molecule has 3 heteroatoms. The number of nitrogens with one attached hydrogen (secondary N) is 1. The molecular weight excluding hydrogens is 202 g/mol. The zero-order chi connectivity index (χ0) is 12.1. The molecule has 1 N–H and O–H groups in total. The molecular formula is C13H17NO2. The first-order valence-electron chi connectivity index (χ1n) is 5.35. The molecule has 3 nitrogen and oxygen atoms in total. The smallest absolute Gasteiger partial charge is 0.221 e. The van der Waals surface area contributed by atoms with Gasteiger partial charge in [0.15, 0.2) is 0 Å². The molecule has 0 aromatic heterocycles. The third-order valence-corrected chi connectivity index (χ3v) is 2.22. The molecule has 0 fully saturated rings. The van der Waals surface area contributed by atoms with E-state index in [9.17, 15) is 9.59 Å². The summed E-state index contributed by atoms with van der Waals surface area (Å²) in [5.41, 5.74) is 2.97. The summed E-state index contributed by atoms with van der Waals surface area (Å²) >= 11 is 0. The Bertz CT molecular complexity index is 410. The summed E-state index contributed by atoms with van der Waals surface area (Å²) < 4.78 is 0. The molecule has 0 atom stereocenters. The van der Waals surface area contributed by atoms with Gasteiger partial charge in [0.05, 0.1) is 0 Å². The van der Waals surface area contributed by atoms with Crippen molar-refractivity contribution in [2.24, 2.45) is 0 Å². The number of rotatable bonds is 4. The van der Waals surface area contributed by atoms with Crippen molar-refractivity contribution in [3.8, 4) is 0 Å². The van der Waals surface area contributed by atoms with Crippen LogP contribution in [-0.4, -0.2) is 11.7 Å². The molecule has 0 unspecified atom stereocenters. The largest absolute Gasteiger partial charge is 0.326 e. The lowest BCUT2D eigenvalue weighted by molar-refractivity contribution is -0.117. The molecule has 1 aromatic carbocycles. The van der Waals surface area contributed by atoms with Crippen molar-refractivity contribution in [1.82, 2.24) is 0 Å². The van der Waals surface area contributed by atoms with E-state index in [1.165, 1.54) is 6.92 Å². The number of carbonyl (C=O) groups excluding carboxylic acids is 2. The van der Waals surface area contributed by atoms with E-state index in [2.05, 4.69) is 5.32 Å². The van der Waals surface area contributed by atoms with Crippen molar-refractivity contribution in [2.45, 2.75) is 33.6 Å². The van der Waals surface area contributed by atoms with Crippen molar-refractivity contribution in [3.63, 3.8) is 0 Å². The van der Waals surface area contributed by atoms with E-state index in [0.29, 0.717) is 6.42 Å². The SMILES string of the molecule is CC(=O)CCc1cc(C)cc(NC(C)=O)c1. The maximum Gasteiger partial charge on any atom is 0.221 e. The van der Waals surface area contributed by atoms with Crippen molar-refractivity contribution in [2.75, 3.05) is 5.32 Å². The van der Waals surface area contributed by atoms with Crippen molar-refractivity contribution in [1.29, 1.82) is 0 Å². The average Bonchev–Trinajstić information content (AvgIpc) is 2.12. The molecule has 1 amide bonds. The van der Waals surface area contributed by atoms with Gasteiger partial charge in [-0.1, -0.05) is 6.07 Å². The van der Waals surface area contributed by atoms with Gasteiger partial charge in [0.2, 0.25) is 5.91 Å². The average molecular weight is 219 g/mol. The third-order valence-electron chi connectivity index (χ3n) is 2.22. The fraction of sp³-hybridized carbons (Fsp3) is 0.385. The van der Waals surface area contributed by atoms with Crippen molar-refractivity contribution in [3.05, 3.63) is 29.3 Å². The summed E-state index contributed by atoms with van der Waals surface area (Å²) in [6.07, 6.45) is 1.27. The molecule has 0 spiro atoms. The van der Waals surface area contributed by atoms with E-state index in [1.807, 2.05) is 25.1 Å². The monoisotopic (exact) mass is 219 g/mol. The Kier molecular flexibility index (Phi) is 4.23. The van der Waals surface area contributed by atoms with Crippen molar-refractivity contribution < 1.29 is 9.59 Å². The number of Topliss-reactive ketones (excluding diaryl/α,β-unsaturated/α-hetero) is 1. The minimum Gasteiger partial charge on any atom is -0.326 e. The normalized spacial score (nSPS) is 9.94. The lowest BCUT2D eigenvalue weighted by Gasteiger charge is -2.07. The third kappa shape index (κ3) is 4.26. The van der Waals surface area contributed by atoms with Crippen LogP contribution in [-0.2, 0) is 16.0 Å². The summed E-state index contributed by atoms with van der Waals surface area (Å²) in [6, 6.07) is 5.87. The molecule has 0 saturated heterocycles. The van der Waals surface area contributed by atoms with Gasteiger partial charge in [0, 0.05) is 19.0 Å². The van der Waals surface area contributed by atoms with Gasteiger partial charge in [-0.15, -0.1) is 0 Å². The Morgan fingerprint density at radius 3 is 2.44 bits per heavy atom. The predicted molar refractivity (Wildman–Crippen MR) is 64.5 cm³/mol. The molecule has 0 aliphatic carbocycles. The lowest BCUT2D eigenvalue weighted by Crippen LogP contribution is -2.06. The second-order valence-electron chi connectivity index (χ2n) is 4.09. The van der Waals surface area contributed by atoms with E-state index >= 15 is 0 Å². The van der Waals surface area contributed by atoms with Crippen LogP contribution < -0.4 is 5.32 Å². The second kappa shape index (κ2) is 5.45. The number of hydrogen-bond acceptors (Lipinski definition) is 2. The summed E-state index contributed by atoms with van der Waals surface area (Å²) in [4.78, 5) is 21.8. The Morgan fingerprint density at radius 2 is 1.88 bits per heavy atom. The number of anilines is 1. The van der Waals surface area contributed by atoms with E-state index in [-0.39, 0.29) is 11.7 Å². The van der Waals surface area contributed by atoms with Gasteiger partial charge in [-0.05, 0) is 43.5 Å². The first kappa shape index (κ1) is 12.4. The highest BCUT2D eigenvalue weighted by atomic mass is 16.1. The number of hydrogen-bond donors (Lipinski definition) is 1. The molecule has 0 bridgehead atoms. The highest BCUT2D eigenvalue weighted by Crippen LogP contribution is 2.16. The Hall–Kier alpha value is -1.64. The van der Waals surface area contributed by atoms with Gasteiger partial charge in [-0.2, -0.15) is 0 Å². The van der Waals surface area contributed by atoms with Gasteiger partial charge < -0.3 is 10.1 Å². The quantitative estimate of drug-likeness (QED) is 0.845. The highest BCUT2D eigenvalue weighted by molar-refractivity contribution is 5.88. The molecule has 0 heterocycles. The highest BCUT2D eigenvalue weighted by Gasteiger charge is 2.02. The molecule has 0 radical (unpaired) electrons. The van der Waals surface area contributed by atoms with Crippen LogP contribution in [0.15, 0.2) is 18.2 Å². The fourth-order valence-electron chi connectivity index (χ4n) is 1.60. The van der Waals surface area contributed by atoms with Crippen LogP contribution in [0.5, 0.6) is 0 Å². The maximum atomic E-state index is 10.9. The second-order valence-corrected chi connectivity index (χ2v) is 4.09. The van der Waals surface area contributed by atoms with Crippen LogP contribution in [0, 0.1) is 6.92 Å². The van der Waals surface area contributed by atoms with Crippen molar-refractivity contribution >= 4 is 17.4 Å². The molecule has 0 aliphatic rings. The van der Waals surface area contributed by atoms with Gasteiger partial charge in [0.25, 0.3) is 0 Å². The van der Waals surface area contributed by atoms with Crippen LogP contribution in [0.2, 0.25) is 0 Å². The molecule has 86 valence electrons. The molecule has 1 rings (SSSR count). The minimum absolute atomic E-state index is 0.0804. The Morgan fingerprint density at radius 1 is 1.19 bits per heavy atom. The van der Waals surface area contributed by atoms with Crippen LogP contribution in [0.25, 0.3) is 0 Å². The summed E-state index contributed by atoms with van der Waals surface area (Å²) in [7, 11) is 0. The molecule has 1 aromatic rings. The lowest BCUT2D eigenvalue weighted by atomic mass is 10.0. The summed E-state index contributed by atoms with van der Waals surface area (Å²) in [6.45, 7) is 5.05. The molecule has 16 heavy (non-hydrogen) atoms. The number of carbonyl (C=O) groups is 2. The molecule has 0 aliphatic heterocycles. The predicted octanol–water partition coefficient (Wildman–Crippen LogP) is 2.48. The van der Waals surface area contributed by atoms with E-state index < -0.39 is 0 Å². The number of benzene rings is 1. The Balaban J connectivity index is 2.80. The number of aryl methyl sites for hydroxylation is 2. The van der Waals surface area contributed by atoms with Gasteiger partial charge in [0.1, 0.15) is 5.78 Å². The number of ketones is 1. The van der Waals surface area contributed by atoms with Gasteiger partial charge in [-0.3, -0.25) is 4.79 Å². The zero-order valence-electron chi connectivity index (χ0n) is 9.96. The van der Waals surface area contributed by atoms with Crippen LogP contribution >= 0.6 is 0 Å². The standard InChI is InChI=1S/C13H17NO2/c1-9-6-12(5-4-10(2)15)8-13(7-9)14-11(3)16/h6-8H,4-5H2,1-3H3,(H,14,16). The maximum absolute atomic E-state index is 10.9. The first-order valence-corrected chi connectivity index (χ1v) is 5.35. The van der Waals surface area contributed by atoms with E-state index in [0.717, 1.165) is 23.2 Å². The van der Waals surface area contributed by atoms with E-state index in [4.69, 9.17) is 0 Å². The van der Waals surface area contributed by atoms with Crippen LogP contribution in [0.1, 0.15) is 31.4 Å². The molecule has 0 saturated carbocycles. The van der Waals surface area contributed by atoms with E-state index in [1.54, 1.807) is 6.92 Å². The first-order chi connectivity index (χ1) is 7.47. The summed E-state index contributed by atoms with van der Waals surface area (Å²) in [5, 5.41) is 2.75. The summed E-state index contributed by atoms with van der Waals surface area (Å²) in [5.74, 6) is 0.103. The van der Waals surface area contributed by atoms with Crippen LogP contribution in [0.4, 0.5) is 5.69 Å². The van der Waals surface area contributed by atoms with Gasteiger partial charge >= 0.3 is 0 Å².